The molecule has 1 aliphatic heterocycles. The lowest BCUT2D eigenvalue weighted by atomic mass is 9.85. The summed E-state index contributed by atoms with van der Waals surface area (Å²) in [7, 11) is 0. The van der Waals surface area contributed by atoms with Crippen molar-refractivity contribution in [2.45, 2.75) is 67.0 Å². The first-order chi connectivity index (χ1) is 38.0. The first-order valence-electron chi connectivity index (χ1n) is 27.2. The second-order valence-corrected chi connectivity index (χ2v) is 17.4. The van der Waals surface area contributed by atoms with E-state index in [1.165, 1.54) is 77.1 Å². The first-order valence-corrected chi connectivity index (χ1v) is 28.1. The van der Waals surface area contributed by atoms with Gasteiger partial charge in [0.2, 0.25) is 0 Å². The van der Waals surface area contributed by atoms with E-state index in [2.05, 4.69) is 240 Å². The number of nitrogens with one attached hydrogen (secondary N) is 1. The molecule has 3 heterocycles. The minimum atomic E-state index is -0.259. The van der Waals surface area contributed by atoms with E-state index < -0.39 is 0 Å². The van der Waals surface area contributed by atoms with Gasteiger partial charge in [-0.1, -0.05) is 261 Å². The van der Waals surface area contributed by atoms with Gasteiger partial charge in [-0.25, -0.2) is 0 Å². The van der Waals surface area contributed by atoms with Gasteiger partial charge in [0.15, 0.2) is 0 Å². The van der Waals surface area contributed by atoms with Crippen molar-refractivity contribution in [1.82, 2.24) is 14.5 Å². The van der Waals surface area contributed by atoms with Gasteiger partial charge in [0.05, 0.1) is 33.6 Å². The highest BCUT2D eigenvalue weighted by molar-refractivity contribution is 7.79. The highest BCUT2D eigenvalue weighted by Crippen LogP contribution is 2.54. The van der Waals surface area contributed by atoms with E-state index in [-0.39, 0.29) is 11.6 Å². The Kier molecular flexibility index (Phi) is 22.1. The summed E-state index contributed by atoms with van der Waals surface area (Å²) < 4.78 is 4.83. The molecule has 390 valence electrons. The molecule has 1 atom stereocenters. The highest BCUT2D eigenvalue weighted by Gasteiger charge is 2.56. The summed E-state index contributed by atoms with van der Waals surface area (Å²) >= 11 is 3.53. The molecule has 2 aromatic heterocycles. The maximum atomic E-state index is 3.93. The summed E-state index contributed by atoms with van der Waals surface area (Å²) in [6, 6.07) is 83.1. The van der Waals surface area contributed by atoms with Gasteiger partial charge in [0.1, 0.15) is 0 Å². The molecule has 1 aliphatic rings. The van der Waals surface area contributed by atoms with Gasteiger partial charge in [0, 0.05) is 32.9 Å². The summed E-state index contributed by atoms with van der Waals surface area (Å²) in [5.74, 6) is 0. The number of nitrogens with zero attached hydrogens (tertiary/aromatic N) is 2. The van der Waals surface area contributed by atoms with Gasteiger partial charge in [-0.2, -0.15) is 12.6 Å². The minimum Gasteiger partial charge on any atom is -0.309 e. The van der Waals surface area contributed by atoms with Crippen molar-refractivity contribution in [3.63, 3.8) is 0 Å². The molecule has 12 rings (SSSR count). The number of benzene rings is 9. The van der Waals surface area contributed by atoms with Crippen LogP contribution in [0.15, 0.2) is 274 Å². The smallest absolute Gasteiger partial charge is 0.0894 e. The molecule has 1 N–H and O–H groups in total. The van der Waals surface area contributed by atoms with Crippen molar-refractivity contribution in [1.29, 1.82) is 0 Å². The van der Waals surface area contributed by atoms with E-state index in [9.17, 15) is 0 Å². The largest absolute Gasteiger partial charge is 0.309 e. The quantitative estimate of drug-likeness (QED) is 0.0843. The number of aromatic nitrogens is 2. The summed E-state index contributed by atoms with van der Waals surface area (Å²) in [6.45, 7) is 23.5. The molecule has 4 heteroatoms. The summed E-state index contributed by atoms with van der Waals surface area (Å²) in [5, 5.41) is 8.97. The lowest BCUT2D eigenvalue weighted by molar-refractivity contribution is 0.787. The molecule has 1 fully saturated rings. The molecule has 0 bridgehead atoms. The number of fused-ring (bicyclic) bond motifs is 6. The Hall–Kier alpha value is -8.15. The average molecular weight is 1030 g/mol. The molecular weight excluding hydrogens is 951 g/mol. The van der Waals surface area contributed by atoms with Crippen molar-refractivity contribution in [2.24, 2.45) is 0 Å². The van der Waals surface area contributed by atoms with Gasteiger partial charge < -0.3 is 9.13 Å². The Morgan fingerprint density at radius 2 is 0.844 bits per heavy atom. The zero-order valence-corrected chi connectivity index (χ0v) is 47.6. The lowest BCUT2D eigenvalue weighted by Gasteiger charge is -2.17. The van der Waals surface area contributed by atoms with Crippen molar-refractivity contribution in [2.75, 3.05) is 6.26 Å². The van der Waals surface area contributed by atoms with Crippen LogP contribution in [0.5, 0.6) is 0 Å². The van der Waals surface area contributed by atoms with Crippen LogP contribution in [0, 0.1) is 0 Å². The van der Waals surface area contributed by atoms with E-state index in [0.717, 1.165) is 16.8 Å². The number of hydrogen-bond donors (Lipinski definition) is 2. The Labute approximate surface area is 465 Å². The Balaban J connectivity index is 0.000000339. The van der Waals surface area contributed by atoms with Crippen LogP contribution in [0.25, 0.3) is 71.7 Å². The summed E-state index contributed by atoms with van der Waals surface area (Å²) in [4.78, 5) is 0. The number of hydrogen-bond acceptors (Lipinski definition) is 2. The van der Waals surface area contributed by atoms with Gasteiger partial charge in [-0.3, -0.25) is 5.32 Å². The molecule has 0 radical (unpaired) electrons. The molecule has 77 heavy (non-hydrogen) atoms. The fraction of sp³-hybridized carbons (Fsp3) is 0.151. The molecule has 0 spiro atoms. The normalized spacial score (nSPS) is 12.7. The van der Waals surface area contributed by atoms with Gasteiger partial charge in [-0.15, -0.1) is 0 Å². The van der Waals surface area contributed by atoms with Crippen LogP contribution in [0.2, 0.25) is 0 Å². The molecule has 9 aromatic carbocycles. The fourth-order valence-corrected chi connectivity index (χ4v) is 9.88. The third kappa shape index (κ3) is 12.8. The minimum absolute atomic E-state index is 0.161. The van der Waals surface area contributed by atoms with Gasteiger partial charge in [-0.05, 0) is 114 Å². The molecule has 1 saturated heterocycles. The molecule has 0 amide bonds. The molecule has 3 nitrogen and oxygen atoms in total. The van der Waals surface area contributed by atoms with E-state index >= 15 is 0 Å². The number of rotatable bonds is 9. The summed E-state index contributed by atoms with van der Waals surface area (Å²) in [5.41, 5.74) is 15.3. The van der Waals surface area contributed by atoms with E-state index in [1.54, 1.807) is 12.3 Å². The second-order valence-electron chi connectivity index (χ2n) is 17.4. The number of allylic oxidation sites excluding steroid dienone is 6. The average Bonchev–Trinajstić information content (AvgIpc) is 4.18. The summed E-state index contributed by atoms with van der Waals surface area (Å²) in [6.07, 6.45) is 11.5. The van der Waals surface area contributed by atoms with Crippen molar-refractivity contribution < 1.29 is 0 Å². The first kappa shape index (κ1) is 58.1. The standard InChI is InChI=1S/C50H35N3.C10H10.C6H10.3C2H6.CH4S/c1-3-17-37(18-4-1)50(38-19-5-2-6-20-38)49(51-50)36-16-14-22-40(32-36)53-47-28-12-9-25-43(47)44-33-35(29-30-48(44)53)34-15-13-21-39(31-34)52-45-26-10-7-23-41(45)42-24-8-11-27-46(42)52;1-3-9(2)10-7-5-4-6-8-10;1-3-5-6-4-2;4*1-2/h1-33,49,51H;3-8H,1-2H2;3-6H,1-2H3;3*1-2H3;2H,1H3/b;;5-3-,6-4-;;;;. The van der Waals surface area contributed by atoms with E-state index in [4.69, 9.17) is 0 Å². The van der Waals surface area contributed by atoms with Crippen molar-refractivity contribution in [3.05, 3.63) is 296 Å². The van der Waals surface area contributed by atoms with Crippen LogP contribution in [-0.2, 0) is 5.54 Å². The molecule has 0 aliphatic carbocycles. The van der Waals surface area contributed by atoms with Crippen LogP contribution in [0.1, 0.15) is 83.7 Å². The molecule has 1 unspecified atom stereocenters. The zero-order valence-electron chi connectivity index (χ0n) is 46.7. The second kappa shape index (κ2) is 29.2. The Morgan fingerprint density at radius 1 is 0.442 bits per heavy atom. The van der Waals surface area contributed by atoms with E-state index in [0.29, 0.717) is 0 Å². The van der Waals surface area contributed by atoms with Crippen molar-refractivity contribution >= 4 is 61.8 Å². The van der Waals surface area contributed by atoms with Gasteiger partial charge >= 0.3 is 0 Å². The monoisotopic (exact) mass is 1030 g/mol. The third-order valence-corrected chi connectivity index (χ3v) is 13.2. The zero-order chi connectivity index (χ0) is 55.2. The van der Waals surface area contributed by atoms with Crippen LogP contribution in [0.3, 0.4) is 0 Å². The predicted molar refractivity (Wildman–Crippen MR) is 344 cm³/mol. The van der Waals surface area contributed by atoms with Crippen LogP contribution >= 0.6 is 12.6 Å². The lowest BCUT2D eigenvalue weighted by Crippen LogP contribution is -2.15. The Bertz CT molecular complexity index is 3550. The van der Waals surface area contributed by atoms with Gasteiger partial charge in [0.25, 0.3) is 0 Å². The van der Waals surface area contributed by atoms with Crippen LogP contribution in [-0.4, -0.2) is 15.4 Å². The third-order valence-electron chi connectivity index (χ3n) is 13.2. The van der Waals surface area contributed by atoms with Crippen LogP contribution < -0.4 is 5.32 Å². The van der Waals surface area contributed by atoms with Crippen LogP contribution in [0.4, 0.5) is 0 Å². The molecule has 11 aromatic rings. The van der Waals surface area contributed by atoms with E-state index in [1.807, 2.05) is 110 Å². The SMILES string of the molecule is C/C=C\C=C/C.C=CC(=C)c1ccccc1.CC.CC.CC.CS.c1ccc(C2(c3ccccc3)NC2c2cccc(-n3c4ccccc4c4cc(-c5cccc(-n6c7ccccc7c7ccccc76)c5)ccc43)c2)cc1. The molecular formula is C73H77N3S. The number of para-hydroxylation sites is 3. The topological polar surface area (TPSA) is 31.8 Å². The maximum absolute atomic E-state index is 3.93. The molecule has 0 saturated carbocycles. The van der Waals surface area contributed by atoms with Crippen molar-refractivity contribution in [3.8, 4) is 22.5 Å². The fourth-order valence-electron chi connectivity index (χ4n) is 9.88. The maximum Gasteiger partial charge on any atom is 0.0894 e. The predicted octanol–water partition coefficient (Wildman–Crippen LogP) is 20.8. The number of thiol groups is 1. The highest BCUT2D eigenvalue weighted by atomic mass is 32.1. The Morgan fingerprint density at radius 3 is 1.32 bits per heavy atom.